The highest BCUT2D eigenvalue weighted by atomic mass is 17.0. The summed E-state index contributed by atoms with van der Waals surface area (Å²) in [5.41, 5.74) is 6.63. The van der Waals surface area contributed by atoms with Crippen molar-refractivity contribution in [3.05, 3.63) is 21.8 Å². The van der Waals surface area contributed by atoms with Crippen molar-refractivity contribution in [1.29, 1.82) is 0 Å². The number of hydrogen-bond donors (Lipinski definition) is 1. The van der Waals surface area contributed by atoms with Gasteiger partial charge in [0.15, 0.2) is 6.61 Å². The maximum absolute atomic E-state index is 14.2. The standard InChI is InChI=1S/C40H64N2O9/c1-10-25(2)32(41)33(44)48-21-22-49-34(45)40-19-17-35(3,4)23-27(40)26-11-12-29-37(7)15-14-30(51-31(43)24-50-42(46)47)36(5,6)28(37)13-16-39(29,9)38(26,8)18-20-40/h11,25,27-30,32H,10,12-24,41H2,1-9H3/t25-,27-,28-,29+,30-,32-,37-,38+,39+,40-/m0/s1. The van der Waals surface area contributed by atoms with Gasteiger partial charge in [0.25, 0.3) is 5.09 Å². The number of allylic oxidation sites excluding steroid dienone is 2. The lowest BCUT2D eigenvalue weighted by molar-refractivity contribution is -0.754. The number of hydrogen-bond acceptors (Lipinski definition) is 10. The van der Waals surface area contributed by atoms with Crippen LogP contribution in [0.3, 0.4) is 0 Å². The fourth-order valence-electron chi connectivity index (χ4n) is 12.1. The van der Waals surface area contributed by atoms with Crippen LogP contribution in [0.4, 0.5) is 0 Å². The first kappa shape index (κ1) is 39.5. The molecule has 4 saturated carbocycles. The van der Waals surface area contributed by atoms with Crippen LogP contribution in [-0.2, 0) is 33.4 Å². The van der Waals surface area contributed by atoms with Gasteiger partial charge >= 0.3 is 17.9 Å². The summed E-state index contributed by atoms with van der Waals surface area (Å²) in [4.78, 5) is 54.1. The SMILES string of the molecule is CC[C@H](C)[C@H](N)C(=O)OCCOC(=O)[C@]12CCC(C)(C)C[C@H]1C1=CC[C@@H]3[C@@]4(C)CC[C@H](OC(=O)CO[N+](=O)[O-])C(C)(C)[C@@H]4CC[C@@]3(C)[C@]1(C)CC2. The number of ether oxygens (including phenoxy) is 3. The summed E-state index contributed by atoms with van der Waals surface area (Å²) in [5.74, 6) is -0.481. The minimum Gasteiger partial charge on any atom is -0.462 e. The molecule has 0 aromatic rings. The highest BCUT2D eigenvalue weighted by Gasteiger charge is 2.69. The fraction of sp³-hybridized carbons (Fsp3) is 0.875. The summed E-state index contributed by atoms with van der Waals surface area (Å²) in [6.45, 7) is 19.7. The normalized spacial score (nSPS) is 38.9. The highest BCUT2D eigenvalue weighted by Crippen LogP contribution is 2.76. The minimum atomic E-state index is -0.963. The lowest BCUT2D eigenvalue weighted by atomic mass is 9.33. The Morgan fingerprint density at radius 1 is 0.941 bits per heavy atom. The van der Waals surface area contributed by atoms with Gasteiger partial charge in [0.05, 0.1) is 5.41 Å². The van der Waals surface area contributed by atoms with E-state index < -0.39 is 35.1 Å². The molecule has 4 fully saturated rings. The van der Waals surface area contributed by atoms with Crippen molar-refractivity contribution in [1.82, 2.24) is 0 Å². The van der Waals surface area contributed by atoms with Crippen molar-refractivity contribution in [2.75, 3.05) is 19.8 Å². The molecule has 51 heavy (non-hydrogen) atoms. The summed E-state index contributed by atoms with van der Waals surface area (Å²) in [5, 5.41) is 9.69. The van der Waals surface area contributed by atoms with E-state index in [0.717, 1.165) is 64.2 Å². The molecule has 10 atom stereocenters. The zero-order chi connectivity index (χ0) is 37.8. The number of rotatable bonds is 11. The van der Waals surface area contributed by atoms with Gasteiger partial charge in [0.1, 0.15) is 25.4 Å². The van der Waals surface area contributed by atoms with Gasteiger partial charge in [-0.15, -0.1) is 10.1 Å². The molecule has 5 aliphatic rings. The van der Waals surface area contributed by atoms with Crippen molar-refractivity contribution in [2.24, 2.45) is 61.9 Å². The Labute approximate surface area is 304 Å². The first-order valence-corrected chi connectivity index (χ1v) is 19.5. The third-order valence-corrected chi connectivity index (χ3v) is 15.6. The van der Waals surface area contributed by atoms with Gasteiger partial charge < -0.3 is 24.8 Å². The van der Waals surface area contributed by atoms with Gasteiger partial charge in [0, 0.05) is 5.41 Å². The van der Waals surface area contributed by atoms with Crippen molar-refractivity contribution in [2.45, 2.75) is 145 Å². The molecule has 0 aliphatic heterocycles. The third-order valence-electron chi connectivity index (χ3n) is 15.6. The molecule has 11 nitrogen and oxygen atoms in total. The van der Waals surface area contributed by atoms with Crippen LogP contribution in [0.15, 0.2) is 11.6 Å². The number of esters is 3. The lowest BCUT2D eigenvalue weighted by Gasteiger charge is -2.71. The van der Waals surface area contributed by atoms with E-state index >= 15 is 0 Å². The molecule has 5 aliphatic carbocycles. The van der Waals surface area contributed by atoms with E-state index in [9.17, 15) is 24.5 Å². The summed E-state index contributed by atoms with van der Waals surface area (Å²) < 4.78 is 17.2. The molecular weight excluding hydrogens is 652 g/mol. The molecule has 2 N–H and O–H groups in total. The van der Waals surface area contributed by atoms with Crippen LogP contribution < -0.4 is 5.73 Å². The molecule has 0 aromatic carbocycles. The molecule has 288 valence electrons. The number of nitrogens with zero attached hydrogens (tertiary/aromatic N) is 1. The van der Waals surface area contributed by atoms with E-state index in [0.29, 0.717) is 18.3 Å². The molecule has 0 aromatic heterocycles. The smallest absolute Gasteiger partial charge is 0.332 e. The third kappa shape index (κ3) is 6.71. The van der Waals surface area contributed by atoms with Crippen molar-refractivity contribution in [3.63, 3.8) is 0 Å². The van der Waals surface area contributed by atoms with E-state index in [1.165, 1.54) is 5.57 Å². The van der Waals surface area contributed by atoms with Gasteiger partial charge in [-0.1, -0.05) is 80.4 Å². The fourth-order valence-corrected chi connectivity index (χ4v) is 12.1. The molecule has 0 spiro atoms. The Kier molecular flexibility index (Phi) is 10.8. The Morgan fingerprint density at radius 2 is 1.61 bits per heavy atom. The quantitative estimate of drug-likeness (QED) is 0.0572. The Bertz CT molecular complexity index is 1410. The van der Waals surface area contributed by atoms with Gasteiger partial charge in [-0.05, 0) is 110 Å². The average molecular weight is 717 g/mol. The molecule has 0 heterocycles. The van der Waals surface area contributed by atoms with Crippen molar-refractivity contribution in [3.8, 4) is 0 Å². The second kappa shape index (κ2) is 13.9. The van der Waals surface area contributed by atoms with E-state index in [1.807, 2.05) is 13.8 Å². The van der Waals surface area contributed by atoms with Gasteiger partial charge in [-0.25, -0.2) is 4.79 Å². The summed E-state index contributed by atoms with van der Waals surface area (Å²) in [7, 11) is 0. The second-order valence-electron chi connectivity index (χ2n) is 18.9. The number of nitrogens with two attached hydrogens (primary N) is 1. The van der Waals surface area contributed by atoms with E-state index in [1.54, 1.807) is 0 Å². The number of fused-ring (bicyclic) bond motifs is 7. The van der Waals surface area contributed by atoms with Crippen LogP contribution >= 0.6 is 0 Å². The van der Waals surface area contributed by atoms with E-state index in [-0.39, 0.29) is 64.2 Å². The van der Waals surface area contributed by atoms with Gasteiger partial charge in [-0.2, -0.15) is 0 Å². The van der Waals surface area contributed by atoms with Crippen molar-refractivity contribution >= 4 is 17.9 Å². The van der Waals surface area contributed by atoms with Crippen LogP contribution in [0.2, 0.25) is 0 Å². The van der Waals surface area contributed by atoms with Crippen molar-refractivity contribution < 1.29 is 38.5 Å². The topological polar surface area (TPSA) is 157 Å². The van der Waals surface area contributed by atoms with Crippen LogP contribution in [0, 0.1) is 66.3 Å². The predicted molar refractivity (Wildman–Crippen MR) is 191 cm³/mol. The second-order valence-corrected chi connectivity index (χ2v) is 18.9. The van der Waals surface area contributed by atoms with Crippen LogP contribution in [-0.4, -0.2) is 55.0 Å². The predicted octanol–water partition coefficient (Wildman–Crippen LogP) is 7.37. The molecule has 0 radical (unpaired) electrons. The van der Waals surface area contributed by atoms with E-state index in [4.69, 9.17) is 19.9 Å². The zero-order valence-electron chi connectivity index (χ0n) is 32.6. The molecule has 11 heteroatoms. The molecule has 0 amide bonds. The first-order valence-electron chi connectivity index (χ1n) is 19.5. The summed E-state index contributed by atoms with van der Waals surface area (Å²) in [6.07, 6.45) is 11.9. The first-order chi connectivity index (χ1) is 23.7. The lowest BCUT2D eigenvalue weighted by Crippen LogP contribution is -2.65. The number of carbonyl (C=O) groups is 3. The molecule has 0 unspecified atom stereocenters. The van der Waals surface area contributed by atoms with Crippen LogP contribution in [0.25, 0.3) is 0 Å². The Balaban J connectivity index is 1.36. The maximum Gasteiger partial charge on any atom is 0.332 e. The zero-order valence-corrected chi connectivity index (χ0v) is 32.6. The van der Waals surface area contributed by atoms with Gasteiger partial charge in [0.2, 0.25) is 0 Å². The molecule has 5 rings (SSSR count). The minimum absolute atomic E-state index is 0.00390. The molecule has 0 bridgehead atoms. The highest BCUT2D eigenvalue weighted by molar-refractivity contribution is 5.79. The van der Waals surface area contributed by atoms with Gasteiger partial charge in [-0.3, -0.25) is 9.59 Å². The molecule has 0 saturated heterocycles. The Hall–Kier alpha value is -2.69. The van der Waals surface area contributed by atoms with Crippen LogP contribution in [0.1, 0.15) is 133 Å². The monoisotopic (exact) mass is 716 g/mol. The molecular formula is C40H64N2O9. The summed E-state index contributed by atoms with van der Waals surface area (Å²) in [6, 6.07) is -0.688. The average Bonchev–Trinajstić information content (AvgIpc) is 3.06. The Morgan fingerprint density at radius 3 is 2.27 bits per heavy atom. The maximum atomic E-state index is 14.2. The number of carbonyl (C=O) groups excluding carboxylic acids is 3. The van der Waals surface area contributed by atoms with E-state index in [2.05, 4.69) is 59.4 Å². The largest absolute Gasteiger partial charge is 0.462 e. The van der Waals surface area contributed by atoms with Crippen LogP contribution in [0.5, 0.6) is 0 Å². The summed E-state index contributed by atoms with van der Waals surface area (Å²) >= 11 is 0.